The summed E-state index contributed by atoms with van der Waals surface area (Å²) in [6.07, 6.45) is -0.816. The second kappa shape index (κ2) is 4.68. The summed E-state index contributed by atoms with van der Waals surface area (Å²) in [5.41, 5.74) is -1.61. The van der Waals surface area contributed by atoms with Crippen LogP contribution in [0.4, 0.5) is 9.59 Å². The zero-order valence-corrected chi connectivity index (χ0v) is 11.6. The van der Waals surface area contributed by atoms with Crippen molar-refractivity contribution in [3.63, 3.8) is 0 Å². The Morgan fingerprint density at radius 1 is 1.32 bits per heavy atom. The van der Waals surface area contributed by atoms with Gasteiger partial charge in [-0.15, -0.1) is 0 Å². The molecule has 1 saturated heterocycles. The molecule has 2 aliphatic rings. The van der Waals surface area contributed by atoms with Gasteiger partial charge in [-0.05, 0) is 6.92 Å². The standard InChI is InChI=1S/C13H14N4O5/c1-2-22-11(19)17-16-9-7-5-3-4-6-8(7)12(20)13(9,21)15-10(18)14-12/h3-6,20-21H,2H2,1H3,(H,17,19)(H2,14,15,18)/b16-9+/t12-,13+/m1/s1. The summed E-state index contributed by atoms with van der Waals surface area (Å²) in [6, 6.07) is 5.70. The highest BCUT2D eigenvalue weighted by molar-refractivity contribution is 6.14. The van der Waals surface area contributed by atoms with Crippen LogP contribution < -0.4 is 16.1 Å². The van der Waals surface area contributed by atoms with E-state index in [4.69, 9.17) is 0 Å². The predicted molar refractivity (Wildman–Crippen MR) is 73.7 cm³/mol. The predicted octanol–water partition coefficient (Wildman–Crippen LogP) is -0.703. The SMILES string of the molecule is CCOC(=O)N/N=C1\c2ccccc2[C@]2(O)NC(=O)N[C@]12O. The number of benzene rings is 1. The maximum absolute atomic E-state index is 11.6. The highest BCUT2D eigenvalue weighted by Gasteiger charge is 2.67. The molecule has 1 heterocycles. The Morgan fingerprint density at radius 2 is 2.00 bits per heavy atom. The third-order valence-electron chi connectivity index (χ3n) is 3.56. The highest BCUT2D eigenvalue weighted by atomic mass is 16.5. The summed E-state index contributed by atoms with van der Waals surface area (Å²) < 4.78 is 4.68. The summed E-state index contributed by atoms with van der Waals surface area (Å²) in [6.45, 7) is 1.78. The van der Waals surface area contributed by atoms with Gasteiger partial charge in [0.05, 0.1) is 6.61 Å². The first-order chi connectivity index (χ1) is 10.4. The average Bonchev–Trinajstić information content (AvgIpc) is 2.79. The number of carbonyl (C=O) groups is 2. The molecule has 1 aliphatic heterocycles. The zero-order valence-electron chi connectivity index (χ0n) is 11.6. The Bertz CT molecular complexity index is 691. The number of rotatable bonds is 2. The minimum atomic E-state index is -2.20. The number of nitrogens with one attached hydrogen (secondary N) is 3. The van der Waals surface area contributed by atoms with Gasteiger partial charge in [-0.3, -0.25) is 0 Å². The van der Waals surface area contributed by atoms with Gasteiger partial charge in [-0.25, -0.2) is 15.0 Å². The number of urea groups is 1. The van der Waals surface area contributed by atoms with E-state index < -0.39 is 23.6 Å². The van der Waals surface area contributed by atoms with Gasteiger partial charge in [0.1, 0.15) is 5.71 Å². The highest BCUT2D eigenvalue weighted by Crippen LogP contribution is 2.43. The molecule has 0 bridgehead atoms. The fourth-order valence-electron chi connectivity index (χ4n) is 2.64. The molecular weight excluding hydrogens is 292 g/mol. The molecule has 0 spiro atoms. The monoisotopic (exact) mass is 306 g/mol. The Labute approximate surface area is 125 Å². The normalized spacial score (nSPS) is 30.3. The van der Waals surface area contributed by atoms with Crippen LogP contribution >= 0.6 is 0 Å². The smallest absolute Gasteiger partial charge is 0.427 e. The zero-order chi connectivity index (χ0) is 16.0. The van der Waals surface area contributed by atoms with E-state index in [1.165, 1.54) is 0 Å². The number of amides is 3. The lowest BCUT2D eigenvalue weighted by Crippen LogP contribution is -2.58. The van der Waals surface area contributed by atoms with Crippen molar-refractivity contribution in [2.45, 2.75) is 18.4 Å². The van der Waals surface area contributed by atoms with Gasteiger partial charge in [-0.2, -0.15) is 5.10 Å². The van der Waals surface area contributed by atoms with Crippen molar-refractivity contribution in [3.8, 4) is 0 Å². The van der Waals surface area contributed by atoms with E-state index in [0.717, 1.165) is 0 Å². The van der Waals surface area contributed by atoms with Crippen LogP contribution in [0.3, 0.4) is 0 Å². The number of aliphatic hydroxyl groups is 2. The number of nitrogens with zero attached hydrogens (tertiary/aromatic N) is 1. The molecule has 3 rings (SSSR count). The van der Waals surface area contributed by atoms with Crippen molar-refractivity contribution in [1.82, 2.24) is 16.1 Å². The first kappa shape index (κ1) is 14.3. The van der Waals surface area contributed by atoms with Crippen molar-refractivity contribution in [2.75, 3.05) is 6.61 Å². The van der Waals surface area contributed by atoms with Gasteiger partial charge in [0.25, 0.3) is 0 Å². The van der Waals surface area contributed by atoms with Crippen LogP contribution in [0.2, 0.25) is 0 Å². The summed E-state index contributed by atoms with van der Waals surface area (Å²) in [5, 5.41) is 29.7. The van der Waals surface area contributed by atoms with Crippen LogP contribution in [0.25, 0.3) is 0 Å². The van der Waals surface area contributed by atoms with Gasteiger partial charge in [0, 0.05) is 11.1 Å². The first-order valence-corrected chi connectivity index (χ1v) is 6.58. The molecule has 0 saturated carbocycles. The number of carbonyl (C=O) groups excluding carboxylic acids is 2. The van der Waals surface area contributed by atoms with Crippen LogP contribution in [0.1, 0.15) is 18.1 Å². The Hall–Kier alpha value is -2.65. The molecular formula is C13H14N4O5. The molecule has 22 heavy (non-hydrogen) atoms. The molecule has 5 N–H and O–H groups in total. The molecule has 9 nitrogen and oxygen atoms in total. The summed E-state index contributed by atoms with van der Waals surface area (Å²) in [5.74, 6) is 0. The lowest BCUT2D eigenvalue weighted by Gasteiger charge is -2.29. The van der Waals surface area contributed by atoms with Crippen LogP contribution in [0.15, 0.2) is 29.4 Å². The van der Waals surface area contributed by atoms with E-state index in [9.17, 15) is 19.8 Å². The molecule has 3 amide bonds. The molecule has 116 valence electrons. The van der Waals surface area contributed by atoms with Crippen molar-refractivity contribution in [2.24, 2.45) is 5.10 Å². The number of hydrogen-bond acceptors (Lipinski definition) is 6. The second-order valence-corrected chi connectivity index (χ2v) is 4.84. The average molecular weight is 306 g/mol. The van der Waals surface area contributed by atoms with Crippen LogP contribution in [0, 0.1) is 0 Å². The summed E-state index contributed by atoms with van der Waals surface area (Å²) >= 11 is 0. The van der Waals surface area contributed by atoms with Gasteiger partial charge in [0.2, 0.25) is 11.4 Å². The van der Waals surface area contributed by atoms with Gasteiger partial charge in [0.15, 0.2) is 0 Å². The molecule has 1 aliphatic carbocycles. The van der Waals surface area contributed by atoms with Crippen molar-refractivity contribution >= 4 is 17.8 Å². The molecule has 0 radical (unpaired) electrons. The third kappa shape index (κ3) is 1.76. The van der Waals surface area contributed by atoms with E-state index in [0.29, 0.717) is 5.56 Å². The van der Waals surface area contributed by atoms with Gasteiger partial charge >= 0.3 is 12.1 Å². The van der Waals surface area contributed by atoms with Gasteiger partial charge < -0.3 is 25.6 Å². The molecule has 2 atom stereocenters. The van der Waals surface area contributed by atoms with E-state index in [2.05, 4.69) is 25.9 Å². The maximum Gasteiger partial charge on any atom is 0.427 e. The number of fused-ring (bicyclic) bond motifs is 3. The molecule has 1 aromatic carbocycles. The van der Waals surface area contributed by atoms with E-state index >= 15 is 0 Å². The number of ether oxygens (including phenoxy) is 1. The van der Waals surface area contributed by atoms with Crippen LogP contribution in [-0.2, 0) is 10.5 Å². The maximum atomic E-state index is 11.6. The lowest BCUT2D eigenvalue weighted by molar-refractivity contribution is -0.110. The van der Waals surface area contributed by atoms with Gasteiger partial charge in [-0.1, -0.05) is 24.3 Å². The molecule has 0 aromatic heterocycles. The molecule has 9 heteroatoms. The molecule has 1 aromatic rings. The lowest BCUT2D eigenvalue weighted by atomic mass is 10.0. The summed E-state index contributed by atoms with van der Waals surface area (Å²) in [7, 11) is 0. The fraction of sp³-hybridized carbons (Fsp3) is 0.308. The Kier molecular flexibility index (Phi) is 3.04. The van der Waals surface area contributed by atoms with Crippen molar-refractivity contribution in [1.29, 1.82) is 0 Å². The minimum absolute atomic E-state index is 0.1000. The quantitative estimate of drug-likeness (QED) is 0.461. The summed E-state index contributed by atoms with van der Waals surface area (Å²) in [4.78, 5) is 22.9. The van der Waals surface area contributed by atoms with Crippen molar-refractivity contribution < 1.29 is 24.5 Å². The second-order valence-electron chi connectivity index (χ2n) is 4.84. The Balaban J connectivity index is 2.07. The Morgan fingerprint density at radius 3 is 2.73 bits per heavy atom. The largest absolute Gasteiger partial charge is 0.449 e. The molecule has 1 fully saturated rings. The van der Waals surface area contributed by atoms with E-state index in [1.807, 2.05) is 0 Å². The van der Waals surface area contributed by atoms with Crippen molar-refractivity contribution in [3.05, 3.63) is 35.4 Å². The van der Waals surface area contributed by atoms with E-state index in [1.54, 1.807) is 31.2 Å². The molecule has 0 unspecified atom stereocenters. The topological polar surface area (TPSA) is 132 Å². The minimum Gasteiger partial charge on any atom is -0.449 e. The van der Waals surface area contributed by atoms with E-state index in [-0.39, 0.29) is 17.9 Å². The fourth-order valence-corrected chi connectivity index (χ4v) is 2.64. The number of hydrazone groups is 1. The third-order valence-corrected chi connectivity index (χ3v) is 3.56. The number of hydrogen-bond donors (Lipinski definition) is 5. The van der Waals surface area contributed by atoms with Crippen LogP contribution in [-0.4, -0.2) is 40.4 Å². The first-order valence-electron chi connectivity index (χ1n) is 6.58. The van der Waals surface area contributed by atoms with Crippen LogP contribution in [0.5, 0.6) is 0 Å².